The van der Waals surface area contributed by atoms with Crippen molar-refractivity contribution < 1.29 is 19.4 Å². The van der Waals surface area contributed by atoms with E-state index in [1.54, 1.807) is 25.3 Å². The lowest BCUT2D eigenvalue weighted by molar-refractivity contribution is -0.116. The number of nitrogens with one attached hydrogen (secondary N) is 1. The first-order chi connectivity index (χ1) is 15.5. The Morgan fingerprint density at radius 3 is 2.21 bits per heavy atom. The lowest BCUT2D eigenvalue weighted by Crippen LogP contribution is -2.21. The van der Waals surface area contributed by atoms with Crippen molar-refractivity contribution >= 4 is 17.6 Å². The largest absolute Gasteiger partial charge is 0.496 e. The molecule has 0 aliphatic carbocycles. The van der Waals surface area contributed by atoms with Crippen LogP contribution in [0.1, 0.15) is 98.3 Å². The summed E-state index contributed by atoms with van der Waals surface area (Å²) in [6.45, 7) is 12.4. The molecule has 180 valence electrons. The minimum Gasteiger partial charge on any atom is -0.496 e. The van der Waals surface area contributed by atoms with Gasteiger partial charge >= 0.3 is 5.97 Å². The minimum atomic E-state index is -1.01. The number of benzene rings is 2. The zero-order chi connectivity index (χ0) is 24.8. The summed E-state index contributed by atoms with van der Waals surface area (Å²) in [4.78, 5) is 24.7. The van der Waals surface area contributed by atoms with Crippen molar-refractivity contribution in [2.75, 3.05) is 12.4 Å². The van der Waals surface area contributed by atoms with Crippen LogP contribution in [0.25, 0.3) is 0 Å². The van der Waals surface area contributed by atoms with E-state index in [-0.39, 0.29) is 22.8 Å². The molecule has 0 aliphatic heterocycles. The van der Waals surface area contributed by atoms with Gasteiger partial charge in [-0.25, -0.2) is 4.79 Å². The standard InChI is InChI=1S/C28H39NO4/c1-8-9-10-11-20(22-14-18(2)26(33-7)19(3)15-22)17-25(30)29-24-16-21(27(31)32)12-13-23(24)28(4,5)6/h12-16,20H,8-11,17H2,1-7H3,(H,29,30)(H,31,32). The van der Waals surface area contributed by atoms with Gasteiger partial charge in [-0.1, -0.05) is 65.2 Å². The highest BCUT2D eigenvalue weighted by Gasteiger charge is 2.23. The highest BCUT2D eigenvalue weighted by Crippen LogP contribution is 2.34. The SMILES string of the molecule is CCCCCC(CC(=O)Nc1cc(C(=O)O)ccc1C(C)(C)C)c1cc(C)c(OC)c(C)c1. The van der Waals surface area contributed by atoms with E-state index in [9.17, 15) is 14.7 Å². The first kappa shape index (κ1) is 26.4. The summed E-state index contributed by atoms with van der Waals surface area (Å²) >= 11 is 0. The van der Waals surface area contributed by atoms with Crippen LogP contribution in [0, 0.1) is 13.8 Å². The number of carbonyl (C=O) groups excluding carboxylic acids is 1. The molecular formula is C28H39NO4. The summed E-state index contributed by atoms with van der Waals surface area (Å²) in [5.41, 5.74) is 4.70. The zero-order valence-electron chi connectivity index (χ0n) is 21.2. The second-order valence-electron chi connectivity index (χ2n) is 9.95. The van der Waals surface area contributed by atoms with Gasteiger partial charge in [0.25, 0.3) is 0 Å². The van der Waals surface area contributed by atoms with E-state index in [4.69, 9.17) is 4.74 Å². The third-order valence-electron chi connectivity index (χ3n) is 6.09. The summed E-state index contributed by atoms with van der Waals surface area (Å²) in [6.07, 6.45) is 4.57. The topological polar surface area (TPSA) is 75.6 Å². The van der Waals surface area contributed by atoms with Crippen LogP contribution in [0.5, 0.6) is 5.75 Å². The van der Waals surface area contributed by atoms with Gasteiger partial charge < -0.3 is 15.2 Å². The number of aryl methyl sites for hydroxylation is 2. The van der Waals surface area contributed by atoms with E-state index in [1.165, 1.54) is 0 Å². The number of hydrogen-bond acceptors (Lipinski definition) is 3. The van der Waals surface area contributed by atoms with Crippen LogP contribution in [-0.2, 0) is 10.2 Å². The quantitative estimate of drug-likeness (QED) is 0.380. The van der Waals surface area contributed by atoms with E-state index in [0.717, 1.165) is 53.7 Å². The lowest BCUT2D eigenvalue weighted by atomic mass is 9.84. The Bertz CT molecular complexity index is 965. The first-order valence-corrected chi connectivity index (χ1v) is 11.8. The summed E-state index contributed by atoms with van der Waals surface area (Å²) in [7, 11) is 1.68. The molecule has 1 unspecified atom stereocenters. The smallest absolute Gasteiger partial charge is 0.335 e. The van der Waals surface area contributed by atoms with Crippen molar-refractivity contribution in [1.82, 2.24) is 0 Å². The van der Waals surface area contributed by atoms with Gasteiger partial charge in [-0.15, -0.1) is 0 Å². The third kappa shape index (κ3) is 7.08. The Balaban J connectivity index is 2.34. The average molecular weight is 454 g/mol. The van der Waals surface area contributed by atoms with E-state index in [0.29, 0.717) is 12.1 Å². The lowest BCUT2D eigenvalue weighted by Gasteiger charge is -2.24. The second-order valence-corrected chi connectivity index (χ2v) is 9.95. The molecule has 0 aromatic heterocycles. The number of ether oxygens (including phenoxy) is 1. The van der Waals surface area contributed by atoms with Crippen LogP contribution in [0.2, 0.25) is 0 Å². The molecule has 1 atom stereocenters. The van der Waals surface area contributed by atoms with Gasteiger partial charge in [-0.2, -0.15) is 0 Å². The number of unbranched alkanes of at least 4 members (excludes halogenated alkanes) is 2. The Labute approximate surface area is 198 Å². The normalized spacial score (nSPS) is 12.3. The van der Waals surface area contributed by atoms with Crippen molar-refractivity contribution in [1.29, 1.82) is 0 Å². The number of anilines is 1. The number of aromatic carboxylic acids is 1. The van der Waals surface area contributed by atoms with Crippen molar-refractivity contribution in [2.24, 2.45) is 0 Å². The predicted octanol–water partition coefficient (Wildman–Crippen LogP) is 7.00. The molecule has 2 rings (SSSR count). The molecule has 5 heteroatoms. The number of carboxylic acids is 1. The van der Waals surface area contributed by atoms with Crippen LogP contribution >= 0.6 is 0 Å². The van der Waals surface area contributed by atoms with Gasteiger partial charge in [0.05, 0.1) is 12.7 Å². The number of methoxy groups -OCH3 is 1. The Morgan fingerprint density at radius 2 is 1.70 bits per heavy atom. The maximum Gasteiger partial charge on any atom is 0.335 e. The van der Waals surface area contributed by atoms with Crippen LogP contribution in [0.3, 0.4) is 0 Å². The molecule has 0 bridgehead atoms. The highest BCUT2D eigenvalue weighted by atomic mass is 16.5. The molecule has 2 aromatic rings. The van der Waals surface area contributed by atoms with Crippen LogP contribution in [0.4, 0.5) is 5.69 Å². The fourth-order valence-electron chi connectivity index (χ4n) is 4.43. The Morgan fingerprint density at radius 1 is 1.06 bits per heavy atom. The molecule has 1 amide bonds. The van der Waals surface area contributed by atoms with Crippen molar-refractivity contribution in [3.63, 3.8) is 0 Å². The Hall–Kier alpha value is -2.82. The van der Waals surface area contributed by atoms with Crippen molar-refractivity contribution in [3.8, 4) is 5.75 Å². The number of amides is 1. The molecule has 0 fully saturated rings. The van der Waals surface area contributed by atoms with Gasteiger partial charge in [0.15, 0.2) is 0 Å². The van der Waals surface area contributed by atoms with Crippen LogP contribution in [-0.4, -0.2) is 24.1 Å². The zero-order valence-corrected chi connectivity index (χ0v) is 21.2. The fourth-order valence-corrected chi connectivity index (χ4v) is 4.43. The predicted molar refractivity (Wildman–Crippen MR) is 135 cm³/mol. The van der Waals surface area contributed by atoms with Gasteiger partial charge in [-0.05, 0) is 66.0 Å². The number of rotatable bonds is 10. The molecule has 2 N–H and O–H groups in total. The first-order valence-electron chi connectivity index (χ1n) is 11.8. The molecule has 33 heavy (non-hydrogen) atoms. The summed E-state index contributed by atoms with van der Waals surface area (Å²) in [5, 5.41) is 12.5. The molecule has 0 saturated heterocycles. The maximum atomic E-state index is 13.2. The van der Waals surface area contributed by atoms with Gasteiger partial charge in [0, 0.05) is 12.1 Å². The van der Waals surface area contributed by atoms with Crippen LogP contribution in [0.15, 0.2) is 30.3 Å². The fraction of sp³-hybridized carbons (Fsp3) is 0.500. The van der Waals surface area contributed by atoms with Crippen LogP contribution < -0.4 is 10.1 Å². The molecule has 5 nitrogen and oxygen atoms in total. The monoisotopic (exact) mass is 453 g/mol. The number of carbonyl (C=O) groups is 2. The van der Waals surface area contributed by atoms with E-state index in [2.05, 4.69) is 45.1 Å². The molecule has 0 radical (unpaired) electrons. The second kappa shape index (κ2) is 11.4. The van der Waals surface area contributed by atoms with Crippen molar-refractivity contribution in [3.05, 3.63) is 58.1 Å². The molecule has 0 saturated carbocycles. The third-order valence-corrected chi connectivity index (χ3v) is 6.09. The van der Waals surface area contributed by atoms with Gasteiger partial charge in [-0.3, -0.25) is 4.79 Å². The van der Waals surface area contributed by atoms with Gasteiger partial charge in [0.1, 0.15) is 5.75 Å². The van der Waals surface area contributed by atoms with E-state index >= 15 is 0 Å². The molecule has 0 spiro atoms. The number of hydrogen-bond donors (Lipinski definition) is 2. The molecular weight excluding hydrogens is 414 g/mol. The summed E-state index contributed by atoms with van der Waals surface area (Å²) in [5.74, 6) is -0.139. The maximum absolute atomic E-state index is 13.2. The highest BCUT2D eigenvalue weighted by molar-refractivity contribution is 5.95. The summed E-state index contributed by atoms with van der Waals surface area (Å²) < 4.78 is 5.52. The van der Waals surface area contributed by atoms with Gasteiger partial charge in [0.2, 0.25) is 5.91 Å². The molecule has 0 aliphatic rings. The molecule has 2 aromatic carbocycles. The van der Waals surface area contributed by atoms with Crippen molar-refractivity contribution in [2.45, 2.75) is 85.0 Å². The van der Waals surface area contributed by atoms with E-state index < -0.39 is 5.97 Å². The molecule has 0 heterocycles. The average Bonchev–Trinajstić information content (AvgIpc) is 2.72. The minimum absolute atomic E-state index is 0.0839. The number of carboxylic acid groups (broad SMARTS) is 1. The van der Waals surface area contributed by atoms with E-state index in [1.807, 2.05) is 13.8 Å². The Kier molecular flexibility index (Phi) is 9.09. The summed E-state index contributed by atoms with van der Waals surface area (Å²) in [6, 6.07) is 9.21.